The molecule has 0 saturated heterocycles. The van der Waals surface area contributed by atoms with Gasteiger partial charge >= 0.3 is 5.69 Å². The largest absolute Gasteiger partial charge is 0.450 e. The molecule has 0 spiro atoms. The van der Waals surface area contributed by atoms with Gasteiger partial charge in [0, 0.05) is 6.07 Å². The van der Waals surface area contributed by atoms with Gasteiger partial charge in [0.2, 0.25) is 5.75 Å². The molecular formula is C21H17NO4. The second-order valence-corrected chi connectivity index (χ2v) is 6.32. The number of aliphatic hydroxyl groups is 1. The van der Waals surface area contributed by atoms with E-state index in [1.54, 1.807) is 18.2 Å². The summed E-state index contributed by atoms with van der Waals surface area (Å²) in [4.78, 5) is 10.9. The van der Waals surface area contributed by atoms with Crippen LogP contribution in [0.25, 0.3) is 11.1 Å². The summed E-state index contributed by atoms with van der Waals surface area (Å²) < 4.78 is 5.78. The average molecular weight is 347 g/mol. The van der Waals surface area contributed by atoms with Crippen molar-refractivity contribution in [3.05, 3.63) is 88.0 Å². The minimum Gasteiger partial charge on any atom is -0.450 e. The highest BCUT2D eigenvalue weighted by atomic mass is 16.6. The lowest BCUT2D eigenvalue weighted by molar-refractivity contribution is -0.385. The fourth-order valence-corrected chi connectivity index (χ4v) is 3.30. The predicted molar refractivity (Wildman–Crippen MR) is 98.3 cm³/mol. The third kappa shape index (κ3) is 3.05. The van der Waals surface area contributed by atoms with Crippen molar-refractivity contribution >= 4 is 5.69 Å². The molecule has 1 aliphatic carbocycles. The van der Waals surface area contributed by atoms with E-state index in [0.29, 0.717) is 24.2 Å². The molecule has 3 aromatic rings. The molecule has 26 heavy (non-hydrogen) atoms. The molecule has 5 heteroatoms. The maximum Gasteiger partial charge on any atom is 0.311 e. The van der Waals surface area contributed by atoms with Crippen LogP contribution in [0.1, 0.15) is 23.7 Å². The zero-order valence-corrected chi connectivity index (χ0v) is 14.0. The van der Waals surface area contributed by atoms with E-state index < -0.39 is 11.0 Å². The minimum absolute atomic E-state index is 0.0787. The first-order valence-corrected chi connectivity index (χ1v) is 8.44. The highest BCUT2D eigenvalue weighted by Crippen LogP contribution is 2.40. The zero-order chi connectivity index (χ0) is 18.1. The van der Waals surface area contributed by atoms with Crippen LogP contribution >= 0.6 is 0 Å². The summed E-state index contributed by atoms with van der Waals surface area (Å²) in [6, 6.07) is 20.4. The van der Waals surface area contributed by atoms with E-state index in [9.17, 15) is 15.2 Å². The van der Waals surface area contributed by atoms with Gasteiger partial charge in [0.25, 0.3) is 0 Å². The Bertz CT molecular complexity index is 952. The number of nitro groups is 1. The van der Waals surface area contributed by atoms with Crippen molar-refractivity contribution in [1.82, 2.24) is 0 Å². The van der Waals surface area contributed by atoms with Crippen molar-refractivity contribution in [1.29, 1.82) is 0 Å². The highest BCUT2D eigenvalue weighted by molar-refractivity contribution is 5.64. The highest BCUT2D eigenvalue weighted by Gasteiger charge is 2.27. The van der Waals surface area contributed by atoms with Crippen LogP contribution < -0.4 is 4.74 Å². The fraction of sp³-hybridized carbons (Fsp3) is 0.143. The van der Waals surface area contributed by atoms with Gasteiger partial charge < -0.3 is 9.84 Å². The van der Waals surface area contributed by atoms with Crippen LogP contribution in [-0.4, -0.2) is 10.0 Å². The lowest BCUT2D eigenvalue weighted by Gasteiger charge is -2.11. The molecule has 5 nitrogen and oxygen atoms in total. The summed E-state index contributed by atoms with van der Waals surface area (Å²) in [5, 5.41) is 21.4. The lowest BCUT2D eigenvalue weighted by atomic mass is 10.1. The first-order chi connectivity index (χ1) is 12.6. The third-order valence-corrected chi connectivity index (χ3v) is 4.65. The van der Waals surface area contributed by atoms with Crippen molar-refractivity contribution in [3.8, 4) is 22.6 Å². The van der Waals surface area contributed by atoms with E-state index in [0.717, 1.165) is 16.7 Å². The van der Waals surface area contributed by atoms with Gasteiger partial charge in [0.1, 0.15) is 5.75 Å². The Kier molecular flexibility index (Phi) is 4.14. The van der Waals surface area contributed by atoms with E-state index in [2.05, 4.69) is 0 Å². The molecule has 1 unspecified atom stereocenters. The normalized spacial score (nSPS) is 15.5. The molecule has 0 aliphatic heterocycles. The molecule has 1 N–H and O–H groups in total. The number of benzene rings is 3. The van der Waals surface area contributed by atoms with Crippen molar-refractivity contribution in [2.45, 2.75) is 18.9 Å². The van der Waals surface area contributed by atoms with Crippen LogP contribution in [0.4, 0.5) is 5.69 Å². The van der Waals surface area contributed by atoms with Crippen molar-refractivity contribution in [2.75, 3.05) is 0 Å². The minimum atomic E-state index is -0.589. The molecule has 0 heterocycles. The van der Waals surface area contributed by atoms with Crippen LogP contribution in [0, 0.1) is 10.1 Å². The summed E-state index contributed by atoms with van der Waals surface area (Å²) in [5.74, 6) is 0.669. The molecule has 0 fully saturated rings. The van der Waals surface area contributed by atoms with Gasteiger partial charge in [-0.1, -0.05) is 42.5 Å². The van der Waals surface area contributed by atoms with Gasteiger partial charge in [-0.3, -0.25) is 10.1 Å². The maximum absolute atomic E-state index is 11.4. The van der Waals surface area contributed by atoms with E-state index in [-0.39, 0.29) is 11.4 Å². The number of hydrogen-bond acceptors (Lipinski definition) is 4. The summed E-state index contributed by atoms with van der Waals surface area (Å²) in [6.45, 7) is 0. The summed E-state index contributed by atoms with van der Waals surface area (Å²) in [7, 11) is 0. The Morgan fingerprint density at radius 2 is 1.69 bits per heavy atom. The number of nitro benzene ring substituents is 1. The number of hydrogen-bond donors (Lipinski definition) is 1. The van der Waals surface area contributed by atoms with E-state index in [1.165, 1.54) is 6.07 Å². The van der Waals surface area contributed by atoms with E-state index in [1.807, 2.05) is 42.5 Å². The van der Waals surface area contributed by atoms with Crippen LogP contribution in [0.5, 0.6) is 11.5 Å². The van der Waals surface area contributed by atoms with Crippen molar-refractivity contribution < 1.29 is 14.8 Å². The monoisotopic (exact) mass is 347 g/mol. The summed E-state index contributed by atoms with van der Waals surface area (Å²) in [6.07, 6.45) is 0.638. The fourth-order valence-electron chi connectivity index (χ4n) is 3.30. The molecule has 0 amide bonds. The smallest absolute Gasteiger partial charge is 0.311 e. The third-order valence-electron chi connectivity index (χ3n) is 4.65. The summed E-state index contributed by atoms with van der Waals surface area (Å²) in [5.41, 5.74) is 3.58. The topological polar surface area (TPSA) is 72.6 Å². The van der Waals surface area contributed by atoms with Crippen molar-refractivity contribution in [3.63, 3.8) is 0 Å². The second kappa shape index (κ2) is 6.61. The van der Waals surface area contributed by atoms with E-state index >= 15 is 0 Å². The SMILES string of the molecule is O=[N+]([O-])c1cc2c(cc1Oc1ccc(-c3ccccc3)cc1)C(O)CC2. The number of fused-ring (bicyclic) bond motifs is 1. The van der Waals surface area contributed by atoms with Crippen molar-refractivity contribution in [2.24, 2.45) is 0 Å². The Labute approximate surface area is 150 Å². The number of nitrogens with zero attached hydrogens (tertiary/aromatic N) is 1. The quantitative estimate of drug-likeness (QED) is 0.530. The van der Waals surface area contributed by atoms with E-state index in [4.69, 9.17) is 4.74 Å². The Morgan fingerprint density at radius 3 is 2.38 bits per heavy atom. The van der Waals surface area contributed by atoms with Crippen LogP contribution in [0.2, 0.25) is 0 Å². The number of rotatable bonds is 4. The second-order valence-electron chi connectivity index (χ2n) is 6.32. The number of aryl methyl sites for hydroxylation is 1. The molecule has 1 aliphatic rings. The van der Waals surface area contributed by atoms with Crippen LogP contribution in [-0.2, 0) is 6.42 Å². The number of aliphatic hydroxyl groups excluding tert-OH is 1. The molecule has 0 saturated carbocycles. The molecular weight excluding hydrogens is 330 g/mol. The first-order valence-electron chi connectivity index (χ1n) is 8.44. The van der Waals surface area contributed by atoms with Gasteiger partial charge in [-0.2, -0.15) is 0 Å². The van der Waals surface area contributed by atoms with Crippen LogP contribution in [0.3, 0.4) is 0 Å². The van der Waals surface area contributed by atoms with Gasteiger partial charge in [-0.15, -0.1) is 0 Å². The molecule has 4 rings (SSSR count). The maximum atomic E-state index is 11.4. The predicted octanol–water partition coefficient (Wildman–Crippen LogP) is 5.03. The molecule has 0 aromatic heterocycles. The van der Waals surface area contributed by atoms with Gasteiger partial charge in [-0.05, 0) is 53.3 Å². The average Bonchev–Trinajstić information content (AvgIpc) is 3.02. The lowest BCUT2D eigenvalue weighted by Crippen LogP contribution is -1.98. The van der Waals surface area contributed by atoms with Gasteiger partial charge in [0.05, 0.1) is 11.0 Å². The zero-order valence-electron chi connectivity index (χ0n) is 14.0. The summed E-state index contributed by atoms with van der Waals surface area (Å²) >= 11 is 0. The molecule has 0 radical (unpaired) electrons. The standard InChI is InChI=1S/C21H17NO4/c23-20-11-8-16-12-19(22(24)25)21(13-18(16)20)26-17-9-6-15(7-10-17)14-4-2-1-3-5-14/h1-7,9-10,12-13,20,23H,8,11H2. The molecule has 130 valence electrons. The Morgan fingerprint density at radius 1 is 1.00 bits per heavy atom. The molecule has 0 bridgehead atoms. The number of ether oxygens (including phenoxy) is 1. The first kappa shape index (κ1) is 16.3. The Hall–Kier alpha value is -3.18. The van der Waals surface area contributed by atoms with Gasteiger partial charge in [0.15, 0.2) is 0 Å². The van der Waals surface area contributed by atoms with Crippen LogP contribution in [0.15, 0.2) is 66.7 Å². The molecule has 1 atom stereocenters. The Balaban J connectivity index is 1.65. The molecule has 3 aromatic carbocycles. The van der Waals surface area contributed by atoms with Gasteiger partial charge in [-0.25, -0.2) is 0 Å².